The summed E-state index contributed by atoms with van der Waals surface area (Å²) >= 11 is 0. The molecule has 0 saturated carbocycles. The fourth-order valence-corrected chi connectivity index (χ4v) is 7.25. The van der Waals surface area contributed by atoms with Crippen molar-refractivity contribution < 1.29 is 48.0 Å². The van der Waals surface area contributed by atoms with E-state index < -0.39 is 5.97 Å². The molecule has 26 heteroatoms. The fourth-order valence-electron chi connectivity index (χ4n) is 7.25. The molecule has 6 aromatic rings. The van der Waals surface area contributed by atoms with E-state index in [0.717, 1.165) is 22.3 Å². The molecule has 0 bridgehead atoms. The Morgan fingerprint density at radius 3 is 1.40 bits per heavy atom. The van der Waals surface area contributed by atoms with Gasteiger partial charge in [-0.15, -0.1) is 0 Å². The van der Waals surface area contributed by atoms with E-state index in [-0.39, 0.29) is 117 Å². The lowest BCUT2D eigenvalue weighted by Gasteiger charge is -2.34. The average molecular weight is 999 g/mol. The Bertz CT molecular complexity index is 2960. The predicted molar refractivity (Wildman–Crippen MR) is 260 cm³/mol. The Morgan fingerprint density at radius 1 is 0.597 bits per heavy atom. The minimum absolute atomic E-state index is 0.00392. The van der Waals surface area contributed by atoms with Crippen LogP contribution in [0.3, 0.4) is 0 Å². The molecule has 1 aliphatic rings. The summed E-state index contributed by atoms with van der Waals surface area (Å²) in [6.45, 7) is 5.77. The molecule has 1 fully saturated rings. The number of ether oxygens (including phenoxy) is 4. The van der Waals surface area contributed by atoms with E-state index in [2.05, 4.69) is 40.5 Å². The zero-order valence-electron chi connectivity index (χ0n) is 40.1. The van der Waals surface area contributed by atoms with E-state index >= 15 is 0 Å². The van der Waals surface area contributed by atoms with E-state index in [4.69, 9.17) is 35.5 Å². The highest BCUT2D eigenvalue weighted by molar-refractivity contribution is 5.85. The number of amides is 4. The minimum atomic E-state index is -1.02. The standard InChI is InChI=1S/C26H34N8O6.C20H24N6O6/c1-17(35)32-9-11-33(12-10-32)21(37)8-7-20(36)28-15-18-3-5-19(6-4-18)16-34-24-22(29-26(34)38)23(27)30-25(31-24)40-14-13-39-2;1-31-8-9-32-19-24-17(21)16-18(25-19)26(20(30)23-16)11-13-4-2-12(3-5-13)10-22-14(27)6-7-15(28)29/h3-6H,7-16H2,1-2H3,(H,28,36)(H,29,38)(H2,27,30,31);2-5H,6-11H2,1H3,(H,22,27)(H,23,30)(H,28,29)(H2,21,24,25). The monoisotopic (exact) mass is 998 g/mol. The number of carboxylic acid groups (broad SMARTS) is 1. The van der Waals surface area contributed by atoms with Crippen LogP contribution < -0.4 is 43.0 Å². The molecule has 9 N–H and O–H groups in total. The van der Waals surface area contributed by atoms with Crippen molar-refractivity contribution in [3.8, 4) is 12.0 Å². The van der Waals surface area contributed by atoms with Crippen molar-refractivity contribution in [1.82, 2.24) is 59.5 Å². The number of carbonyl (C=O) groups excluding carboxylic acids is 4. The number of benzene rings is 2. The summed E-state index contributed by atoms with van der Waals surface area (Å²) in [6.07, 6.45) is -0.0662. The van der Waals surface area contributed by atoms with E-state index in [0.29, 0.717) is 68.3 Å². The Labute approximate surface area is 411 Å². The second kappa shape index (κ2) is 25.5. The van der Waals surface area contributed by atoms with E-state index in [9.17, 15) is 33.6 Å². The fraction of sp³-hybridized carbons (Fsp3) is 0.413. The number of nitrogens with one attached hydrogen (secondary N) is 4. The van der Waals surface area contributed by atoms with Gasteiger partial charge in [0.2, 0.25) is 23.6 Å². The van der Waals surface area contributed by atoms with Crippen LogP contribution in [0.4, 0.5) is 11.6 Å². The largest absolute Gasteiger partial charge is 0.481 e. The smallest absolute Gasteiger partial charge is 0.328 e. The van der Waals surface area contributed by atoms with Gasteiger partial charge in [-0.25, -0.2) is 9.59 Å². The van der Waals surface area contributed by atoms with Crippen LogP contribution in [0.5, 0.6) is 12.0 Å². The third kappa shape index (κ3) is 14.8. The molecule has 26 nitrogen and oxygen atoms in total. The van der Waals surface area contributed by atoms with Crippen molar-refractivity contribution in [3.05, 3.63) is 91.8 Å². The third-order valence-electron chi connectivity index (χ3n) is 11.2. The number of aromatic amines is 2. The molecular weight excluding hydrogens is 941 g/mol. The van der Waals surface area contributed by atoms with Crippen LogP contribution in [-0.2, 0) is 59.6 Å². The molecule has 5 heterocycles. The van der Waals surface area contributed by atoms with Crippen LogP contribution in [0, 0.1) is 0 Å². The maximum atomic E-state index is 12.6. The third-order valence-corrected chi connectivity index (χ3v) is 11.2. The van der Waals surface area contributed by atoms with Crippen LogP contribution >= 0.6 is 0 Å². The first-order chi connectivity index (χ1) is 34.6. The van der Waals surface area contributed by atoms with Gasteiger partial charge in [-0.05, 0) is 22.3 Å². The highest BCUT2D eigenvalue weighted by Gasteiger charge is 2.23. The summed E-state index contributed by atoms with van der Waals surface area (Å²) in [6, 6.07) is 14.8. The number of piperazine rings is 1. The van der Waals surface area contributed by atoms with Crippen LogP contribution in [-0.4, -0.2) is 150 Å². The van der Waals surface area contributed by atoms with Crippen molar-refractivity contribution in [2.75, 3.05) is 78.3 Å². The van der Waals surface area contributed by atoms with Crippen molar-refractivity contribution in [2.45, 2.75) is 58.8 Å². The van der Waals surface area contributed by atoms with Crippen LogP contribution in [0.2, 0.25) is 0 Å². The maximum Gasteiger partial charge on any atom is 0.328 e. The van der Waals surface area contributed by atoms with Crippen LogP contribution in [0.25, 0.3) is 22.3 Å². The summed E-state index contributed by atoms with van der Waals surface area (Å²) in [5, 5.41) is 14.1. The number of H-pyrrole nitrogens is 2. The zero-order valence-corrected chi connectivity index (χ0v) is 40.1. The van der Waals surface area contributed by atoms with E-state index in [1.54, 1.807) is 24.0 Å². The normalized spacial score (nSPS) is 12.3. The molecule has 2 aromatic carbocycles. The Balaban J connectivity index is 0.000000241. The van der Waals surface area contributed by atoms with Gasteiger partial charge in [0.05, 0.1) is 32.7 Å². The summed E-state index contributed by atoms with van der Waals surface area (Å²) in [4.78, 5) is 109. The molecule has 4 amide bonds. The Hall–Kier alpha value is -8.39. The molecule has 1 aliphatic heterocycles. The number of aliphatic carboxylic acids is 1. The minimum Gasteiger partial charge on any atom is -0.481 e. The van der Waals surface area contributed by atoms with Gasteiger partial charge in [-0.1, -0.05) is 48.5 Å². The van der Waals surface area contributed by atoms with E-state index in [1.807, 2.05) is 48.5 Å². The van der Waals surface area contributed by atoms with Crippen LogP contribution in [0.1, 0.15) is 54.9 Å². The molecule has 0 spiro atoms. The van der Waals surface area contributed by atoms with Gasteiger partial charge in [0.25, 0.3) is 0 Å². The zero-order chi connectivity index (χ0) is 51.7. The lowest BCUT2D eigenvalue weighted by Crippen LogP contribution is -2.50. The average Bonchev–Trinajstić information content (AvgIpc) is 3.86. The molecule has 72 heavy (non-hydrogen) atoms. The molecule has 0 radical (unpaired) electrons. The second-order valence-electron chi connectivity index (χ2n) is 16.4. The van der Waals surface area contributed by atoms with Gasteiger partial charge in [-0.2, -0.15) is 19.9 Å². The van der Waals surface area contributed by atoms with Gasteiger partial charge < -0.3 is 65.9 Å². The number of carbonyl (C=O) groups is 5. The summed E-state index contributed by atoms with van der Waals surface area (Å²) in [5.74, 6) is -1.43. The number of nitrogens with zero attached hydrogens (tertiary/aromatic N) is 8. The SMILES string of the molecule is COCCOc1nc(N)c2[nH]c(=O)n(Cc3ccc(CNC(=O)CCC(=O)N4CCN(C(C)=O)CC4)cc3)c2n1.COCCOc1nc(N)c2[nH]c(=O)n(Cc3ccc(CNC(=O)CCC(=O)O)cc3)c2n1. The highest BCUT2D eigenvalue weighted by Crippen LogP contribution is 2.20. The summed E-state index contributed by atoms with van der Waals surface area (Å²) < 4.78 is 23.6. The van der Waals surface area contributed by atoms with Crippen molar-refractivity contribution in [1.29, 1.82) is 0 Å². The lowest BCUT2D eigenvalue weighted by atomic mass is 10.1. The number of hydrogen-bond donors (Lipinski definition) is 7. The topological polar surface area (TPSA) is 352 Å². The Kier molecular flexibility index (Phi) is 18.7. The number of carboxylic acids is 1. The van der Waals surface area contributed by atoms with Gasteiger partial charge in [0.15, 0.2) is 22.9 Å². The number of rotatable bonds is 22. The first-order valence-corrected chi connectivity index (χ1v) is 22.8. The number of fused-ring (bicyclic) bond motifs is 2. The van der Waals surface area contributed by atoms with Gasteiger partial charge in [0.1, 0.15) is 24.2 Å². The Morgan fingerprint density at radius 2 is 1.00 bits per heavy atom. The predicted octanol–water partition coefficient (Wildman–Crippen LogP) is 0.119. The first-order valence-electron chi connectivity index (χ1n) is 22.8. The molecule has 1 saturated heterocycles. The second-order valence-corrected chi connectivity index (χ2v) is 16.4. The number of aromatic nitrogens is 8. The van der Waals surface area contributed by atoms with Crippen molar-refractivity contribution in [2.24, 2.45) is 0 Å². The molecule has 0 unspecified atom stereocenters. The number of nitrogens with two attached hydrogens (primary N) is 2. The molecule has 384 valence electrons. The highest BCUT2D eigenvalue weighted by atomic mass is 16.5. The van der Waals surface area contributed by atoms with Gasteiger partial charge in [0, 0.05) is 79.7 Å². The number of nitrogen functional groups attached to an aromatic ring is 2. The lowest BCUT2D eigenvalue weighted by molar-refractivity contribution is -0.139. The molecule has 4 aromatic heterocycles. The molecule has 0 aliphatic carbocycles. The van der Waals surface area contributed by atoms with Gasteiger partial charge >= 0.3 is 29.4 Å². The van der Waals surface area contributed by atoms with E-state index in [1.165, 1.54) is 16.1 Å². The molecule has 7 rings (SSSR count). The number of anilines is 2. The maximum absolute atomic E-state index is 12.6. The van der Waals surface area contributed by atoms with Crippen LogP contribution in [0.15, 0.2) is 58.1 Å². The first kappa shape index (κ1) is 53.0. The van der Waals surface area contributed by atoms with Crippen molar-refractivity contribution >= 4 is 63.6 Å². The molecule has 0 atom stereocenters. The number of imidazole rings is 2. The number of methoxy groups -OCH3 is 2. The summed E-state index contributed by atoms with van der Waals surface area (Å²) in [7, 11) is 3.10. The quantitative estimate of drug-likeness (QED) is 0.0444. The molecular formula is C46H58N14O12. The summed E-state index contributed by atoms with van der Waals surface area (Å²) in [5.41, 5.74) is 15.9. The van der Waals surface area contributed by atoms with Crippen molar-refractivity contribution in [3.63, 3.8) is 0 Å². The number of hydrogen-bond acceptors (Lipinski definition) is 17. The van der Waals surface area contributed by atoms with Gasteiger partial charge in [-0.3, -0.25) is 33.1 Å².